The van der Waals surface area contributed by atoms with E-state index in [1.807, 2.05) is 6.92 Å². The second-order valence-corrected chi connectivity index (χ2v) is 5.20. The Hall–Kier alpha value is -1.13. The molecule has 0 aromatic heterocycles. The predicted octanol–water partition coefficient (Wildman–Crippen LogP) is 2.45. The topological polar surface area (TPSA) is 30.5 Å². The first-order valence-electron chi connectivity index (χ1n) is 6.49. The van der Waals surface area contributed by atoms with Crippen molar-refractivity contribution in [2.45, 2.75) is 32.2 Å². The molecule has 4 heteroatoms. The molecule has 3 nitrogen and oxygen atoms in total. The highest BCUT2D eigenvalue weighted by Gasteiger charge is 2.41. The molecule has 1 aromatic carbocycles. The van der Waals surface area contributed by atoms with Gasteiger partial charge in [0.1, 0.15) is 11.6 Å². The number of hydrogen-bond donors (Lipinski definition) is 1. The lowest BCUT2D eigenvalue weighted by Gasteiger charge is -2.42. The maximum Gasteiger partial charge on any atom is 0.212 e. The number of fused-ring (bicyclic) bond motifs is 1. The van der Waals surface area contributed by atoms with Crippen LogP contribution < -0.4 is 10.1 Å². The molecule has 0 radical (unpaired) electrons. The van der Waals surface area contributed by atoms with E-state index in [0.29, 0.717) is 12.5 Å². The van der Waals surface area contributed by atoms with Crippen molar-refractivity contribution in [2.75, 3.05) is 13.1 Å². The van der Waals surface area contributed by atoms with Gasteiger partial charge in [0.05, 0.1) is 6.61 Å². The molecule has 1 saturated heterocycles. The Labute approximate surface area is 106 Å². The number of nitrogens with one attached hydrogen (secondary N) is 1. The summed E-state index contributed by atoms with van der Waals surface area (Å²) in [6.07, 6.45) is 2.24. The summed E-state index contributed by atoms with van der Waals surface area (Å²) in [5, 5.41) is 3.37. The van der Waals surface area contributed by atoms with Crippen molar-refractivity contribution in [3.63, 3.8) is 0 Å². The van der Waals surface area contributed by atoms with Gasteiger partial charge in [-0.15, -0.1) is 0 Å². The number of benzene rings is 1. The van der Waals surface area contributed by atoms with Crippen molar-refractivity contribution in [3.05, 3.63) is 29.6 Å². The number of piperidine rings is 1. The van der Waals surface area contributed by atoms with E-state index < -0.39 is 5.79 Å². The van der Waals surface area contributed by atoms with Gasteiger partial charge in [0.15, 0.2) is 0 Å². The summed E-state index contributed by atoms with van der Waals surface area (Å²) in [6.45, 7) is 4.37. The average molecular weight is 251 g/mol. The molecule has 18 heavy (non-hydrogen) atoms. The Morgan fingerprint density at radius 2 is 2.33 bits per heavy atom. The van der Waals surface area contributed by atoms with Crippen LogP contribution in [-0.2, 0) is 11.3 Å². The third-order valence-electron chi connectivity index (χ3n) is 3.89. The molecule has 2 heterocycles. The zero-order valence-electron chi connectivity index (χ0n) is 10.5. The van der Waals surface area contributed by atoms with Gasteiger partial charge in [-0.3, -0.25) is 0 Å². The van der Waals surface area contributed by atoms with Crippen molar-refractivity contribution in [1.29, 1.82) is 0 Å². The van der Waals surface area contributed by atoms with Gasteiger partial charge in [-0.05, 0) is 37.6 Å². The van der Waals surface area contributed by atoms with Crippen molar-refractivity contribution in [2.24, 2.45) is 5.92 Å². The third kappa shape index (κ3) is 2.10. The van der Waals surface area contributed by atoms with Gasteiger partial charge in [0, 0.05) is 24.9 Å². The van der Waals surface area contributed by atoms with Crippen LogP contribution in [-0.4, -0.2) is 18.9 Å². The van der Waals surface area contributed by atoms with E-state index in [9.17, 15) is 4.39 Å². The molecule has 2 aliphatic heterocycles. The number of rotatable bonds is 1. The van der Waals surface area contributed by atoms with Gasteiger partial charge >= 0.3 is 0 Å². The molecule has 98 valence electrons. The highest BCUT2D eigenvalue weighted by atomic mass is 19.1. The summed E-state index contributed by atoms with van der Waals surface area (Å²) in [6, 6.07) is 4.61. The van der Waals surface area contributed by atoms with E-state index in [4.69, 9.17) is 9.47 Å². The van der Waals surface area contributed by atoms with Gasteiger partial charge < -0.3 is 14.8 Å². The van der Waals surface area contributed by atoms with Gasteiger partial charge in [-0.1, -0.05) is 0 Å². The van der Waals surface area contributed by atoms with E-state index in [1.165, 1.54) is 12.1 Å². The number of hydrogen-bond acceptors (Lipinski definition) is 3. The fraction of sp³-hybridized carbons (Fsp3) is 0.571. The second-order valence-electron chi connectivity index (χ2n) is 5.20. The van der Waals surface area contributed by atoms with Crippen LogP contribution in [0.4, 0.5) is 4.39 Å². The van der Waals surface area contributed by atoms with E-state index >= 15 is 0 Å². The third-order valence-corrected chi connectivity index (χ3v) is 3.89. The first kappa shape index (κ1) is 11.9. The van der Waals surface area contributed by atoms with Gasteiger partial charge in [0.2, 0.25) is 5.79 Å². The average Bonchev–Trinajstić information content (AvgIpc) is 2.40. The Morgan fingerprint density at radius 1 is 1.44 bits per heavy atom. The van der Waals surface area contributed by atoms with Crippen LogP contribution in [0.3, 0.4) is 0 Å². The highest BCUT2D eigenvalue weighted by molar-refractivity contribution is 5.35. The minimum absolute atomic E-state index is 0.246. The van der Waals surface area contributed by atoms with Crippen molar-refractivity contribution in [1.82, 2.24) is 5.32 Å². The Bertz CT molecular complexity index is 445. The van der Waals surface area contributed by atoms with Gasteiger partial charge in [-0.25, -0.2) is 4.39 Å². The molecular weight excluding hydrogens is 233 g/mol. The Morgan fingerprint density at radius 3 is 3.11 bits per heavy atom. The number of halogens is 1. The zero-order chi connectivity index (χ0) is 12.6. The van der Waals surface area contributed by atoms with Gasteiger partial charge in [-0.2, -0.15) is 0 Å². The van der Waals surface area contributed by atoms with Crippen molar-refractivity contribution >= 4 is 0 Å². The fourth-order valence-electron chi connectivity index (χ4n) is 2.73. The molecule has 0 amide bonds. The maximum atomic E-state index is 13.1. The fourth-order valence-corrected chi connectivity index (χ4v) is 2.73. The van der Waals surface area contributed by atoms with E-state index in [2.05, 4.69) is 5.32 Å². The number of ether oxygens (including phenoxy) is 2. The molecule has 0 spiro atoms. The van der Waals surface area contributed by atoms with Crippen LogP contribution in [0.2, 0.25) is 0 Å². The van der Waals surface area contributed by atoms with Gasteiger partial charge in [0.25, 0.3) is 0 Å². The van der Waals surface area contributed by atoms with Crippen LogP contribution in [0.25, 0.3) is 0 Å². The standard InChI is InChI=1S/C14H18FNO2/c1-14(11-3-2-6-16-8-11)17-9-10-7-12(15)4-5-13(10)18-14/h4-5,7,11,16H,2-3,6,8-9H2,1H3. The zero-order valence-corrected chi connectivity index (χ0v) is 10.5. The van der Waals surface area contributed by atoms with Crippen LogP contribution in [0, 0.1) is 11.7 Å². The molecular formula is C14H18FNO2. The summed E-state index contributed by atoms with van der Waals surface area (Å²) in [5.41, 5.74) is 0.788. The lowest BCUT2D eigenvalue weighted by atomic mass is 9.91. The monoisotopic (exact) mass is 251 g/mol. The molecule has 2 atom stereocenters. The molecule has 0 aliphatic carbocycles. The summed E-state index contributed by atoms with van der Waals surface area (Å²) < 4.78 is 25.0. The molecule has 1 fully saturated rings. The Balaban J connectivity index is 1.82. The molecule has 2 aliphatic rings. The van der Waals surface area contributed by atoms with E-state index in [1.54, 1.807) is 6.07 Å². The summed E-state index contributed by atoms with van der Waals surface area (Å²) in [7, 11) is 0. The molecule has 2 unspecified atom stereocenters. The minimum atomic E-state index is -0.599. The van der Waals surface area contributed by atoms with E-state index in [0.717, 1.165) is 37.2 Å². The lowest BCUT2D eigenvalue weighted by molar-refractivity contribution is -0.228. The Kier molecular flexibility index (Phi) is 2.99. The molecule has 0 bridgehead atoms. The second kappa shape index (κ2) is 4.52. The predicted molar refractivity (Wildman–Crippen MR) is 65.8 cm³/mol. The SMILES string of the molecule is CC1(C2CCCNC2)OCc2cc(F)ccc2O1. The molecule has 0 saturated carbocycles. The summed E-state index contributed by atoms with van der Waals surface area (Å²) in [5.74, 6) is 0.238. The van der Waals surface area contributed by atoms with Crippen molar-refractivity contribution < 1.29 is 13.9 Å². The van der Waals surface area contributed by atoms with Crippen LogP contribution >= 0.6 is 0 Å². The molecule has 1 N–H and O–H groups in total. The van der Waals surface area contributed by atoms with Crippen LogP contribution in [0.5, 0.6) is 5.75 Å². The first-order chi connectivity index (χ1) is 8.67. The smallest absolute Gasteiger partial charge is 0.212 e. The minimum Gasteiger partial charge on any atom is -0.462 e. The largest absolute Gasteiger partial charge is 0.462 e. The summed E-state index contributed by atoms with van der Waals surface area (Å²) >= 11 is 0. The van der Waals surface area contributed by atoms with Crippen molar-refractivity contribution in [3.8, 4) is 5.75 Å². The summed E-state index contributed by atoms with van der Waals surface area (Å²) in [4.78, 5) is 0. The molecule has 1 aromatic rings. The van der Waals surface area contributed by atoms with Crippen LogP contribution in [0.15, 0.2) is 18.2 Å². The quantitative estimate of drug-likeness (QED) is 0.831. The highest BCUT2D eigenvalue weighted by Crippen LogP contribution is 2.37. The normalized spacial score (nSPS) is 31.6. The maximum absolute atomic E-state index is 13.1. The first-order valence-corrected chi connectivity index (χ1v) is 6.49. The molecule has 3 rings (SSSR count). The lowest BCUT2D eigenvalue weighted by Crippen LogP contribution is -2.51. The van der Waals surface area contributed by atoms with Crippen LogP contribution in [0.1, 0.15) is 25.3 Å². The van der Waals surface area contributed by atoms with E-state index in [-0.39, 0.29) is 5.82 Å².